The number of rotatable bonds is 2. The number of fused-ring (bicyclic) bond motifs is 2. The first-order valence-electron chi connectivity index (χ1n) is 6.85. The molecule has 5 heteroatoms. The Labute approximate surface area is 125 Å². The number of benzene rings is 1. The number of hydrogen-bond donors (Lipinski definition) is 1. The summed E-state index contributed by atoms with van der Waals surface area (Å²) in [6.07, 6.45) is 2.25. The zero-order chi connectivity index (χ0) is 14.6. The maximum absolute atomic E-state index is 12.7. The molecule has 1 fully saturated rings. The van der Waals surface area contributed by atoms with E-state index in [1.807, 2.05) is 18.2 Å². The lowest BCUT2D eigenvalue weighted by Gasteiger charge is -2.16. The fourth-order valence-electron chi connectivity index (χ4n) is 3.09. The molecule has 1 aromatic carbocycles. The minimum atomic E-state index is -0.987. The van der Waals surface area contributed by atoms with Crippen LogP contribution in [-0.2, 0) is 5.41 Å². The number of carboxylic acid groups (broad SMARTS) is 1. The highest BCUT2D eigenvalue weighted by Gasteiger charge is 2.52. The van der Waals surface area contributed by atoms with Gasteiger partial charge in [0, 0.05) is 17.6 Å². The van der Waals surface area contributed by atoms with Gasteiger partial charge in [0.05, 0.1) is 4.88 Å². The normalized spacial score (nSPS) is 17.8. The lowest BCUT2D eigenvalue weighted by Crippen LogP contribution is -2.30. The van der Waals surface area contributed by atoms with Crippen LogP contribution < -0.4 is 4.90 Å². The molecule has 2 aromatic rings. The maximum atomic E-state index is 12.7. The van der Waals surface area contributed by atoms with Crippen LogP contribution in [0.2, 0.25) is 0 Å². The van der Waals surface area contributed by atoms with Crippen molar-refractivity contribution in [2.24, 2.45) is 0 Å². The van der Waals surface area contributed by atoms with Crippen molar-refractivity contribution in [3.63, 3.8) is 0 Å². The van der Waals surface area contributed by atoms with Crippen LogP contribution in [0.4, 0.5) is 5.69 Å². The van der Waals surface area contributed by atoms with Crippen molar-refractivity contribution in [2.45, 2.75) is 18.3 Å². The van der Waals surface area contributed by atoms with Crippen molar-refractivity contribution >= 4 is 28.9 Å². The smallest absolute Gasteiger partial charge is 0.345 e. The second-order valence-corrected chi connectivity index (χ2v) is 6.74. The van der Waals surface area contributed by atoms with E-state index in [2.05, 4.69) is 6.07 Å². The number of carbonyl (C=O) groups excluding carboxylic acids is 1. The van der Waals surface area contributed by atoms with Crippen molar-refractivity contribution < 1.29 is 14.7 Å². The standard InChI is InChI=1S/C16H13NO3S/c18-14(12-5-6-13(21-12)15(19)20)17-9-16(7-8-16)10-3-1-2-4-11(10)17/h1-6H,7-9H2,(H,19,20). The van der Waals surface area contributed by atoms with E-state index in [-0.39, 0.29) is 16.2 Å². The van der Waals surface area contributed by atoms with Crippen molar-refractivity contribution in [1.82, 2.24) is 0 Å². The largest absolute Gasteiger partial charge is 0.477 e. The van der Waals surface area contributed by atoms with Gasteiger partial charge in [-0.3, -0.25) is 4.79 Å². The Morgan fingerprint density at radius 2 is 1.81 bits per heavy atom. The summed E-state index contributed by atoms with van der Waals surface area (Å²) in [5, 5.41) is 8.98. The molecule has 1 saturated carbocycles. The Kier molecular flexibility index (Phi) is 2.50. The van der Waals surface area contributed by atoms with E-state index in [0.717, 1.165) is 29.9 Å². The molecule has 106 valence electrons. The van der Waals surface area contributed by atoms with Crippen LogP contribution in [0.3, 0.4) is 0 Å². The summed E-state index contributed by atoms with van der Waals surface area (Å²) in [7, 11) is 0. The summed E-state index contributed by atoms with van der Waals surface area (Å²) in [6, 6.07) is 11.1. The Bertz CT molecular complexity index is 760. The molecule has 0 atom stereocenters. The summed E-state index contributed by atoms with van der Waals surface area (Å²) in [5.74, 6) is -1.08. The van der Waals surface area contributed by atoms with Gasteiger partial charge in [0.15, 0.2) is 0 Å². The van der Waals surface area contributed by atoms with Crippen LogP contribution in [0.15, 0.2) is 36.4 Å². The van der Waals surface area contributed by atoms with Gasteiger partial charge in [0.25, 0.3) is 5.91 Å². The number of para-hydroxylation sites is 1. The van der Waals surface area contributed by atoms with Gasteiger partial charge in [-0.2, -0.15) is 0 Å². The molecule has 2 heterocycles. The number of anilines is 1. The monoisotopic (exact) mass is 299 g/mol. The highest BCUT2D eigenvalue weighted by Crippen LogP contribution is 2.56. The maximum Gasteiger partial charge on any atom is 0.345 e. The average molecular weight is 299 g/mol. The molecular weight excluding hydrogens is 286 g/mol. The number of amides is 1. The van der Waals surface area contributed by atoms with Crippen molar-refractivity contribution in [1.29, 1.82) is 0 Å². The first-order valence-corrected chi connectivity index (χ1v) is 7.67. The van der Waals surface area contributed by atoms with Gasteiger partial charge in [-0.1, -0.05) is 18.2 Å². The van der Waals surface area contributed by atoms with E-state index in [1.54, 1.807) is 11.0 Å². The fraction of sp³-hybridized carbons (Fsp3) is 0.250. The summed E-state index contributed by atoms with van der Waals surface area (Å²) in [6.45, 7) is 0.714. The van der Waals surface area contributed by atoms with Crippen molar-refractivity contribution in [3.05, 3.63) is 51.7 Å². The molecule has 1 aliphatic heterocycles. The highest BCUT2D eigenvalue weighted by molar-refractivity contribution is 7.16. The third kappa shape index (κ3) is 1.81. The lowest BCUT2D eigenvalue weighted by molar-refractivity contribution is 0.0702. The number of carbonyl (C=O) groups is 2. The second kappa shape index (κ2) is 4.18. The molecule has 1 amide bonds. The zero-order valence-corrected chi connectivity index (χ0v) is 12.0. The Morgan fingerprint density at radius 3 is 2.48 bits per heavy atom. The molecule has 1 spiro atoms. The number of thiophene rings is 1. The average Bonchev–Trinajstić information content (AvgIpc) is 2.97. The fourth-order valence-corrected chi connectivity index (χ4v) is 3.88. The zero-order valence-electron chi connectivity index (χ0n) is 11.2. The molecule has 1 N–H and O–H groups in total. The van der Waals surface area contributed by atoms with E-state index in [9.17, 15) is 9.59 Å². The SMILES string of the molecule is O=C(O)c1ccc(C(=O)N2CC3(CC3)c3ccccc32)s1. The quantitative estimate of drug-likeness (QED) is 0.927. The van der Waals surface area contributed by atoms with Gasteiger partial charge in [-0.05, 0) is 36.6 Å². The molecule has 1 aliphatic carbocycles. The van der Waals surface area contributed by atoms with Crippen molar-refractivity contribution in [2.75, 3.05) is 11.4 Å². The van der Waals surface area contributed by atoms with Gasteiger partial charge in [0.2, 0.25) is 0 Å². The molecule has 2 aliphatic rings. The van der Waals surface area contributed by atoms with E-state index in [0.29, 0.717) is 11.4 Å². The predicted molar refractivity (Wildman–Crippen MR) is 80.3 cm³/mol. The van der Waals surface area contributed by atoms with Gasteiger partial charge < -0.3 is 10.0 Å². The van der Waals surface area contributed by atoms with Gasteiger partial charge in [0.1, 0.15) is 4.88 Å². The number of hydrogen-bond acceptors (Lipinski definition) is 3. The van der Waals surface area contributed by atoms with Crippen molar-refractivity contribution in [3.8, 4) is 0 Å². The predicted octanol–water partition coefficient (Wildman–Crippen LogP) is 3.14. The van der Waals surface area contributed by atoms with Crippen LogP contribution in [-0.4, -0.2) is 23.5 Å². The van der Waals surface area contributed by atoms with Crippen LogP contribution >= 0.6 is 11.3 Å². The third-order valence-corrected chi connectivity index (χ3v) is 5.41. The summed E-state index contributed by atoms with van der Waals surface area (Å²) in [4.78, 5) is 26.2. The molecular formula is C16H13NO3S. The number of nitrogens with zero attached hydrogens (tertiary/aromatic N) is 1. The van der Waals surface area contributed by atoms with Crippen LogP contribution in [0.25, 0.3) is 0 Å². The molecule has 0 radical (unpaired) electrons. The molecule has 21 heavy (non-hydrogen) atoms. The highest BCUT2D eigenvalue weighted by atomic mass is 32.1. The van der Waals surface area contributed by atoms with E-state index in [1.165, 1.54) is 11.6 Å². The first kappa shape index (κ1) is 12.6. The molecule has 0 unspecified atom stereocenters. The number of aromatic carboxylic acids is 1. The third-order valence-electron chi connectivity index (χ3n) is 4.35. The van der Waals surface area contributed by atoms with E-state index in [4.69, 9.17) is 5.11 Å². The Balaban J connectivity index is 1.71. The minimum Gasteiger partial charge on any atom is -0.477 e. The summed E-state index contributed by atoms with van der Waals surface area (Å²) in [5.41, 5.74) is 2.39. The molecule has 4 nitrogen and oxygen atoms in total. The first-order chi connectivity index (χ1) is 10.1. The minimum absolute atomic E-state index is 0.0938. The second-order valence-electron chi connectivity index (χ2n) is 5.66. The molecule has 0 saturated heterocycles. The molecule has 0 bridgehead atoms. The molecule has 4 rings (SSSR count). The van der Waals surface area contributed by atoms with Gasteiger partial charge in [-0.25, -0.2) is 4.79 Å². The van der Waals surface area contributed by atoms with E-state index < -0.39 is 5.97 Å². The Morgan fingerprint density at radius 1 is 1.10 bits per heavy atom. The lowest BCUT2D eigenvalue weighted by atomic mass is 9.99. The number of carboxylic acids is 1. The Hall–Kier alpha value is -2.14. The summed E-state index contributed by atoms with van der Waals surface area (Å²) >= 11 is 1.04. The molecule has 1 aromatic heterocycles. The van der Waals surface area contributed by atoms with E-state index >= 15 is 0 Å². The van der Waals surface area contributed by atoms with Gasteiger partial charge >= 0.3 is 5.97 Å². The van der Waals surface area contributed by atoms with Gasteiger partial charge in [-0.15, -0.1) is 11.3 Å². The topological polar surface area (TPSA) is 57.6 Å². The van der Waals surface area contributed by atoms with Crippen LogP contribution in [0.1, 0.15) is 37.7 Å². The summed E-state index contributed by atoms with van der Waals surface area (Å²) < 4.78 is 0. The van der Waals surface area contributed by atoms with Crippen LogP contribution in [0, 0.1) is 0 Å². The van der Waals surface area contributed by atoms with Crippen LogP contribution in [0.5, 0.6) is 0 Å².